The number of carboxylic acids is 1. The quantitative estimate of drug-likeness (QED) is 0.751. The molecule has 1 aromatic heterocycles. The van der Waals surface area contributed by atoms with Crippen LogP contribution in [0.3, 0.4) is 0 Å². The number of fused-ring (bicyclic) bond motifs is 1. The lowest BCUT2D eigenvalue weighted by atomic mass is 10.1. The SMILES string of the molecule is COC(=O)c1cc(Cl)c(C(=O)O)c2ccn(CCNC(=O)OC(C)(C)C)c12. The zero-order valence-corrected chi connectivity index (χ0v) is 16.2. The molecule has 0 atom stereocenters. The zero-order valence-electron chi connectivity index (χ0n) is 15.5. The van der Waals surface area contributed by atoms with Gasteiger partial charge in [0.2, 0.25) is 0 Å². The number of carboxylic acid groups (broad SMARTS) is 1. The Morgan fingerprint density at radius 3 is 2.52 bits per heavy atom. The molecule has 146 valence electrons. The molecular weight excluding hydrogens is 376 g/mol. The number of nitrogens with zero attached hydrogens (tertiary/aromatic N) is 1. The van der Waals surface area contributed by atoms with Crippen molar-refractivity contribution in [1.29, 1.82) is 0 Å². The van der Waals surface area contributed by atoms with Crippen molar-refractivity contribution >= 4 is 40.5 Å². The predicted molar refractivity (Wildman–Crippen MR) is 99.5 cm³/mol. The molecule has 1 aromatic carbocycles. The van der Waals surface area contributed by atoms with E-state index in [9.17, 15) is 19.5 Å². The fourth-order valence-electron chi connectivity index (χ4n) is 2.63. The van der Waals surface area contributed by atoms with Crippen molar-refractivity contribution in [2.45, 2.75) is 32.9 Å². The van der Waals surface area contributed by atoms with E-state index in [0.717, 1.165) is 0 Å². The lowest BCUT2D eigenvalue weighted by Crippen LogP contribution is -2.34. The minimum absolute atomic E-state index is 0.0555. The summed E-state index contributed by atoms with van der Waals surface area (Å²) in [7, 11) is 1.23. The molecule has 27 heavy (non-hydrogen) atoms. The van der Waals surface area contributed by atoms with Crippen LogP contribution in [0.15, 0.2) is 18.3 Å². The van der Waals surface area contributed by atoms with E-state index >= 15 is 0 Å². The van der Waals surface area contributed by atoms with Crippen molar-refractivity contribution in [2.75, 3.05) is 13.7 Å². The lowest BCUT2D eigenvalue weighted by Gasteiger charge is -2.19. The second kappa shape index (κ2) is 7.87. The highest BCUT2D eigenvalue weighted by Gasteiger charge is 2.23. The van der Waals surface area contributed by atoms with Crippen LogP contribution in [-0.4, -0.2) is 47.0 Å². The molecule has 0 fully saturated rings. The van der Waals surface area contributed by atoms with E-state index in [4.69, 9.17) is 21.1 Å². The van der Waals surface area contributed by atoms with Gasteiger partial charge >= 0.3 is 18.0 Å². The van der Waals surface area contributed by atoms with E-state index in [1.54, 1.807) is 37.6 Å². The van der Waals surface area contributed by atoms with Crippen LogP contribution >= 0.6 is 11.6 Å². The highest BCUT2D eigenvalue weighted by Crippen LogP contribution is 2.31. The third kappa shape index (κ3) is 4.71. The third-order valence-electron chi connectivity index (χ3n) is 3.64. The van der Waals surface area contributed by atoms with E-state index in [0.29, 0.717) is 10.9 Å². The molecule has 0 saturated carbocycles. The first-order chi connectivity index (χ1) is 12.5. The average Bonchev–Trinajstić information content (AvgIpc) is 2.94. The molecule has 0 aliphatic rings. The number of aromatic carboxylic acids is 1. The number of halogens is 1. The van der Waals surface area contributed by atoms with Gasteiger partial charge in [0.15, 0.2) is 0 Å². The Bertz CT molecular complexity index is 897. The van der Waals surface area contributed by atoms with Crippen molar-refractivity contribution in [3.63, 3.8) is 0 Å². The van der Waals surface area contributed by atoms with Gasteiger partial charge in [-0.2, -0.15) is 0 Å². The molecule has 9 heteroatoms. The van der Waals surface area contributed by atoms with E-state index in [-0.39, 0.29) is 29.2 Å². The first-order valence-corrected chi connectivity index (χ1v) is 8.52. The normalized spacial score (nSPS) is 11.3. The molecule has 1 heterocycles. The Morgan fingerprint density at radius 2 is 1.96 bits per heavy atom. The third-order valence-corrected chi connectivity index (χ3v) is 3.94. The van der Waals surface area contributed by atoms with E-state index in [1.165, 1.54) is 13.2 Å². The number of esters is 1. The smallest absolute Gasteiger partial charge is 0.407 e. The number of ether oxygens (including phenoxy) is 2. The summed E-state index contributed by atoms with van der Waals surface area (Å²) in [6.45, 7) is 5.77. The number of rotatable bonds is 5. The van der Waals surface area contributed by atoms with Gasteiger partial charge in [-0.3, -0.25) is 0 Å². The number of carbonyl (C=O) groups is 3. The molecule has 2 rings (SSSR count). The number of benzene rings is 1. The summed E-state index contributed by atoms with van der Waals surface area (Å²) in [4.78, 5) is 35.4. The van der Waals surface area contributed by atoms with Gasteiger partial charge in [-0.05, 0) is 32.9 Å². The number of hydrogen-bond donors (Lipinski definition) is 2. The van der Waals surface area contributed by atoms with E-state index < -0.39 is 23.6 Å². The van der Waals surface area contributed by atoms with Crippen LogP contribution in [0.1, 0.15) is 41.5 Å². The summed E-state index contributed by atoms with van der Waals surface area (Å²) >= 11 is 6.05. The van der Waals surface area contributed by atoms with Crippen LogP contribution in [0.2, 0.25) is 5.02 Å². The highest BCUT2D eigenvalue weighted by atomic mass is 35.5. The van der Waals surface area contributed by atoms with E-state index in [2.05, 4.69) is 5.32 Å². The largest absolute Gasteiger partial charge is 0.478 e. The fourth-order valence-corrected chi connectivity index (χ4v) is 2.92. The van der Waals surface area contributed by atoms with Crippen molar-refractivity contribution < 1.29 is 29.0 Å². The Morgan fingerprint density at radius 1 is 1.30 bits per heavy atom. The number of hydrogen-bond acceptors (Lipinski definition) is 5. The molecule has 0 aliphatic carbocycles. The van der Waals surface area contributed by atoms with Crippen molar-refractivity contribution in [3.05, 3.63) is 34.5 Å². The maximum atomic E-state index is 12.1. The topological polar surface area (TPSA) is 107 Å². The summed E-state index contributed by atoms with van der Waals surface area (Å²) in [6.07, 6.45) is 1.05. The molecule has 0 spiro atoms. The van der Waals surface area contributed by atoms with Gasteiger partial charge in [-0.15, -0.1) is 0 Å². The summed E-state index contributed by atoms with van der Waals surface area (Å²) < 4.78 is 11.6. The molecule has 0 bridgehead atoms. The number of nitrogens with one attached hydrogen (secondary N) is 1. The fraction of sp³-hybridized carbons (Fsp3) is 0.389. The van der Waals surface area contributed by atoms with Gasteiger partial charge < -0.3 is 24.5 Å². The van der Waals surface area contributed by atoms with E-state index in [1.807, 2.05) is 0 Å². The van der Waals surface area contributed by atoms with Gasteiger partial charge in [0.1, 0.15) is 5.60 Å². The van der Waals surface area contributed by atoms with Crippen LogP contribution in [0.5, 0.6) is 0 Å². The Kier molecular flexibility index (Phi) is 6.00. The monoisotopic (exact) mass is 396 g/mol. The molecule has 8 nitrogen and oxygen atoms in total. The van der Waals surface area contributed by atoms with Gasteiger partial charge in [0, 0.05) is 24.7 Å². The predicted octanol–water partition coefficient (Wildman–Crippen LogP) is 3.30. The first kappa shape index (κ1) is 20.6. The van der Waals surface area contributed by atoms with Crippen LogP contribution < -0.4 is 5.32 Å². The number of amides is 1. The molecule has 0 radical (unpaired) electrons. The zero-order chi connectivity index (χ0) is 20.4. The number of methoxy groups -OCH3 is 1. The Balaban J connectivity index is 2.35. The highest BCUT2D eigenvalue weighted by molar-refractivity contribution is 6.36. The van der Waals surface area contributed by atoms with Gasteiger partial charge in [0.25, 0.3) is 0 Å². The number of alkyl carbamates (subject to hydrolysis) is 1. The Labute approximate surface area is 161 Å². The number of aromatic nitrogens is 1. The van der Waals surface area contributed by atoms with Gasteiger partial charge in [-0.25, -0.2) is 14.4 Å². The second-order valence-electron chi connectivity index (χ2n) is 6.78. The second-order valence-corrected chi connectivity index (χ2v) is 7.18. The van der Waals surface area contributed by atoms with Crippen LogP contribution in [-0.2, 0) is 16.0 Å². The molecule has 1 amide bonds. The van der Waals surface area contributed by atoms with Crippen molar-refractivity contribution in [2.24, 2.45) is 0 Å². The molecule has 0 aliphatic heterocycles. The first-order valence-electron chi connectivity index (χ1n) is 8.15. The molecule has 2 aromatic rings. The maximum absolute atomic E-state index is 12.1. The van der Waals surface area contributed by atoms with Crippen molar-refractivity contribution in [3.8, 4) is 0 Å². The van der Waals surface area contributed by atoms with Gasteiger partial charge in [-0.1, -0.05) is 11.6 Å². The Hall–Kier alpha value is -2.74. The summed E-state index contributed by atoms with van der Waals surface area (Å²) in [5.74, 6) is -1.84. The maximum Gasteiger partial charge on any atom is 0.407 e. The van der Waals surface area contributed by atoms with Crippen LogP contribution in [0.4, 0.5) is 4.79 Å². The minimum atomic E-state index is -1.20. The average molecular weight is 397 g/mol. The molecular formula is C18H21ClN2O6. The summed E-state index contributed by atoms with van der Waals surface area (Å²) in [6, 6.07) is 2.83. The molecule has 0 saturated heterocycles. The lowest BCUT2D eigenvalue weighted by molar-refractivity contribution is 0.0524. The molecule has 2 N–H and O–H groups in total. The van der Waals surface area contributed by atoms with Crippen LogP contribution in [0, 0.1) is 0 Å². The number of carbonyl (C=O) groups excluding carboxylic acids is 2. The van der Waals surface area contributed by atoms with Crippen LogP contribution in [0.25, 0.3) is 10.9 Å². The summed E-state index contributed by atoms with van der Waals surface area (Å²) in [5, 5.41) is 12.3. The standard InChI is InChI=1S/C18H21ClN2O6/c1-18(2,3)27-17(25)20-6-8-21-7-5-10-13(15(22)23)12(19)9-11(14(10)21)16(24)26-4/h5,7,9H,6,8H2,1-4H3,(H,20,25)(H,22,23). The van der Waals surface area contributed by atoms with Gasteiger partial charge in [0.05, 0.1) is 28.8 Å². The molecule has 0 unspecified atom stereocenters. The minimum Gasteiger partial charge on any atom is -0.478 e. The van der Waals surface area contributed by atoms with Crippen molar-refractivity contribution in [1.82, 2.24) is 9.88 Å². The summed E-state index contributed by atoms with van der Waals surface area (Å²) in [5.41, 5.74) is -0.201.